The molecule has 4 rings (SSSR count). The highest BCUT2D eigenvalue weighted by molar-refractivity contribution is 5.96. The third kappa shape index (κ3) is 6.67. The highest BCUT2D eigenvalue weighted by atomic mass is 16.5. The first-order valence-electron chi connectivity index (χ1n) is 11.9. The lowest BCUT2D eigenvalue weighted by atomic mass is 10.0. The highest BCUT2D eigenvalue weighted by Gasteiger charge is 2.19. The minimum atomic E-state index is -0.236. The average molecular weight is 460 g/mol. The molecule has 1 saturated heterocycles. The summed E-state index contributed by atoms with van der Waals surface area (Å²) in [7, 11) is 0. The summed E-state index contributed by atoms with van der Waals surface area (Å²) in [5, 5.41) is 12.7. The minimum Gasteiger partial charge on any atom is -0.507 e. The maximum Gasteiger partial charge on any atom is 0.255 e. The maximum atomic E-state index is 12.2. The third-order valence-electron chi connectivity index (χ3n) is 6.22. The zero-order valence-electron chi connectivity index (χ0n) is 19.5. The summed E-state index contributed by atoms with van der Waals surface area (Å²) in [4.78, 5) is 17.0. The minimum absolute atomic E-state index is 0.0117. The summed E-state index contributed by atoms with van der Waals surface area (Å²) in [6, 6.07) is 27.4. The van der Waals surface area contributed by atoms with E-state index in [4.69, 9.17) is 4.74 Å². The molecular formula is C28H33N3O3. The van der Waals surface area contributed by atoms with Crippen molar-refractivity contribution >= 4 is 5.91 Å². The van der Waals surface area contributed by atoms with E-state index in [9.17, 15) is 9.90 Å². The average Bonchev–Trinajstić information content (AvgIpc) is 2.89. The van der Waals surface area contributed by atoms with Gasteiger partial charge in [0.2, 0.25) is 0 Å². The van der Waals surface area contributed by atoms with Crippen molar-refractivity contribution in [3.05, 3.63) is 102 Å². The zero-order valence-corrected chi connectivity index (χ0v) is 19.5. The van der Waals surface area contributed by atoms with Crippen LogP contribution < -0.4 is 5.32 Å². The van der Waals surface area contributed by atoms with Gasteiger partial charge in [-0.2, -0.15) is 0 Å². The fourth-order valence-corrected chi connectivity index (χ4v) is 4.27. The van der Waals surface area contributed by atoms with Crippen LogP contribution in [0.5, 0.6) is 5.75 Å². The molecule has 1 amide bonds. The second-order valence-electron chi connectivity index (χ2n) is 8.53. The van der Waals surface area contributed by atoms with Crippen LogP contribution in [-0.2, 0) is 4.74 Å². The Kier molecular flexibility index (Phi) is 8.68. The van der Waals surface area contributed by atoms with Gasteiger partial charge in [-0.25, -0.2) is 0 Å². The normalized spacial score (nSPS) is 14.9. The molecule has 1 aliphatic rings. The number of phenols is 1. The van der Waals surface area contributed by atoms with Crippen LogP contribution in [-0.4, -0.2) is 73.2 Å². The fraction of sp³-hybridized carbons (Fsp3) is 0.321. The van der Waals surface area contributed by atoms with Crippen molar-refractivity contribution in [1.29, 1.82) is 0 Å². The summed E-state index contributed by atoms with van der Waals surface area (Å²) in [5.74, 6) is -0.224. The lowest BCUT2D eigenvalue weighted by Crippen LogP contribution is -2.49. The number of ether oxygens (including phenoxy) is 1. The number of carbonyl (C=O) groups excluding carboxylic acids is 1. The van der Waals surface area contributed by atoms with Crippen LogP contribution in [0.4, 0.5) is 0 Å². The number of para-hydroxylation sites is 1. The number of hydrogen-bond acceptors (Lipinski definition) is 5. The molecule has 6 heteroatoms. The number of aromatic hydroxyl groups is 1. The Morgan fingerprint density at radius 1 is 0.794 bits per heavy atom. The smallest absolute Gasteiger partial charge is 0.255 e. The molecule has 0 radical (unpaired) electrons. The lowest BCUT2D eigenvalue weighted by molar-refractivity contribution is 0.0453. The molecule has 1 fully saturated rings. The van der Waals surface area contributed by atoms with E-state index in [1.807, 2.05) is 12.1 Å². The Morgan fingerprint density at radius 2 is 1.32 bits per heavy atom. The number of nitrogens with one attached hydrogen (secondary N) is 1. The number of nitrogens with zero attached hydrogens (tertiary/aromatic N) is 2. The monoisotopic (exact) mass is 459 g/mol. The molecule has 1 aliphatic heterocycles. The molecule has 0 bridgehead atoms. The van der Waals surface area contributed by atoms with Crippen LogP contribution >= 0.6 is 0 Å². The van der Waals surface area contributed by atoms with E-state index in [0.717, 1.165) is 39.3 Å². The first-order chi connectivity index (χ1) is 16.7. The molecule has 0 atom stereocenters. The topological polar surface area (TPSA) is 65.0 Å². The van der Waals surface area contributed by atoms with Gasteiger partial charge in [0.05, 0.1) is 12.2 Å². The van der Waals surface area contributed by atoms with Crippen molar-refractivity contribution in [2.75, 3.05) is 52.4 Å². The summed E-state index contributed by atoms with van der Waals surface area (Å²) in [6.07, 6.45) is -0.0589. The van der Waals surface area contributed by atoms with Crippen molar-refractivity contribution in [2.45, 2.75) is 6.10 Å². The van der Waals surface area contributed by atoms with Gasteiger partial charge in [-0.3, -0.25) is 14.6 Å². The predicted molar refractivity (Wildman–Crippen MR) is 134 cm³/mol. The molecule has 0 aromatic heterocycles. The number of phenolic OH excluding ortho intramolecular Hbond substituents is 1. The van der Waals surface area contributed by atoms with Crippen molar-refractivity contribution in [1.82, 2.24) is 15.1 Å². The van der Waals surface area contributed by atoms with E-state index >= 15 is 0 Å². The molecular weight excluding hydrogens is 426 g/mol. The SMILES string of the molecule is O=C(NCCN1CCN(CCOC(c2ccccc2)c2ccccc2)CC1)c1ccccc1O. The standard InChI is InChI=1S/C28H33N3O3/c32-26-14-8-7-13-25(26)28(33)29-15-16-30-17-19-31(20-18-30)21-22-34-27(23-9-3-1-4-10-23)24-11-5-2-6-12-24/h1-14,27,32H,15-22H2,(H,29,33). The number of benzene rings is 3. The zero-order chi connectivity index (χ0) is 23.6. The van der Waals surface area contributed by atoms with Crippen molar-refractivity contribution in [3.63, 3.8) is 0 Å². The second-order valence-corrected chi connectivity index (χ2v) is 8.53. The third-order valence-corrected chi connectivity index (χ3v) is 6.22. The Hall–Kier alpha value is -3.19. The summed E-state index contributed by atoms with van der Waals surface area (Å²) >= 11 is 0. The fourth-order valence-electron chi connectivity index (χ4n) is 4.27. The van der Waals surface area contributed by atoms with E-state index < -0.39 is 0 Å². The van der Waals surface area contributed by atoms with Gasteiger partial charge in [-0.05, 0) is 23.3 Å². The van der Waals surface area contributed by atoms with Crippen LogP contribution in [0, 0.1) is 0 Å². The molecule has 2 N–H and O–H groups in total. The van der Waals surface area contributed by atoms with Crippen LogP contribution in [0.25, 0.3) is 0 Å². The molecule has 0 spiro atoms. The molecule has 34 heavy (non-hydrogen) atoms. The summed E-state index contributed by atoms with van der Waals surface area (Å²) in [6.45, 7) is 6.83. The molecule has 0 aliphatic carbocycles. The van der Waals surface area contributed by atoms with Gasteiger partial charge in [0.15, 0.2) is 0 Å². The number of rotatable bonds is 10. The molecule has 178 valence electrons. The molecule has 1 heterocycles. The summed E-state index contributed by atoms with van der Waals surface area (Å²) < 4.78 is 6.36. The predicted octanol–water partition coefficient (Wildman–Crippen LogP) is 3.55. The van der Waals surface area contributed by atoms with Crippen LogP contribution in [0.2, 0.25) is 0 Å². The first-order valence-corrected chi connectivity index (χ1v) is 11.9. The van der Waals surface area contributed by atoms with E-state index in [1.165, 1.54) is 17.2 Å². The van der Waals surface area contributed by atoms with Crippen molar-refractivity contribution in [2.24, 2.45) is 0 Å². The van der Waals surface area contributed by atoms with Gasteiger partial charge in [-0.15, -0.1) is 0 Å². The second kappa shape index (κ2) is 12.3. The van der Waals surface area contributed by atoms with Gasteiger partial charge in [0.1, 0.15) is 11.9 Å². The van der Waals surface area contributed by atoms with Crippen LogP contribution in [0.3, 0.4) is 0 Å². The van der Waals surface area contributed by atoms with E-state index in [0.29, 0.717) is 18.7 Å². The van der Waals surface area contributed by atoms with Gasteiger partial charge >= 0.3 is 0 Å². The van der Waals surface area contributed by atoms with Crippen molar-refractivity contribution in [3.8, 4) is 5.75 Å². The van der Waals surface area contributed by atoms with Gasteiger partial charge in [-0.1, -0.05) is 72.8 Å². The number of carbonyl (C=O) groups is 1. The number of piperazine rings is 1. The molecule has 0 unspecified atom stereocenters. The number of hydrogen-bond donors (Lipinski definition) is 2. The highest BCUT2D eigenvalue weighted by Crippen LogP contribution is 2.25. The van der Waals surface area contributed by atoms with Gasteiger partial charge < -0.3 is 15.2 Å². The Balaban J connectivity index is 1.18. The number of amides is 1. The molecule has 3 aromatic rings. The summed E-state index contributed by atoms with van der Waals surface area (Å²) in [5.41, 5.74) is 2.66. The largest absolute Gasteiger partial charge is 0.507 e. The molecule has 6 nitrogen and oxygen atoms in total. The first kappa shape index (κ1) is 24.0. The van der Waals surface area contributed by atoms with Crippen molar-refractivity contribution < 1.29 is 14.6 Å². The Bertz CT molecular complexity index is 982. The van der Waals surface area contributed by atoms with E-state index in [2.05, 4.69) is 63.6 Å². The molecule has 0 saturated carbocycles. The van der Waals surface area contributed by atoms with E-state index in [1.54, 1.807) is 18.2 Å². The van der Waals surface area contributed by atoms with Crippen LogP contribution in [0.15, 0.2) is 84.9 Å². The van der Waals surface area contributed by atoms with Gasteiger partial charge in [0, 0.05) is 45.8 Å². The Labute approximate surface area is 201 Å². The van der Waals surface area contributed by atoms with E-state index in [-0.39, 0.29) is 17.8 Å². The quantitative estimate of drug-likeness (QED) is 0.486. The maximum absolute atomic E-state index is 12.2. The Morgan fingerprint density at radius 3 is 1.91 bits per heavy atom. The van der Waals surface area contributed by atoms with Crippen LogP contribution in [0.1, 0.15) is 27.6 Å². The lowest BCUT2D eigenvalue weighted by Gasteiger charge is -2.34. The molecule has 3 aromatic carbocycles. The van der Waals surface area contributed by atoms with Gasteiger partial charge in [0.25, 0.3) is 5.91 Å².